The summed E-state index contributed by atoms with van der Waals surface area (Å²) >= 11 is 0. The Morgan fingerprint density at radius 3 is 2.11 bits per heavy atom. The third-order valence-corrected chi connectivity index (χ3v) is 2.78. The molecule has 0 aliphatic rings. The minimum atomic E-state index is 0.974. The fourth-order valence-electron chi connectivity index (χ4n) is 1.88. The topological polar surface area (TPSA) is 24.4 Å². The molecule has 1 N–H and O–H groups in total. The number of nitrogens with zero attached hydrogens (tertiary/aromatic N) is 1. The van der Waals surface area contributed by atoms with Gasteiger partial charge in [-0.05, 0) is 30.7 Å². The summed E-state index contributed by atoms with van der Waals surface area (Å²) in [6, 6.07) is 20.3. The van der Waals surface area contributed by atoms with Crippen molar-refractivity contribution >= 4 is 11.4 Å². The number of aliphatic imine (C=N–C) groups is 1. The molecule has 0 heterocycles. The third kappa shape index (κ3) is 3.81. The maximum Gasteiger partial charge on any atom is 0.0660 e. The molecule has 0 saturated heterocycles. The lowest BCUT2D eigenvalue weighted by Gasteiger charge is -2.07. The molecule has 0 spiro atoms. The molecular formula is C17H18N2. The first kappa shape index (κ1) is 13.1. The highest BCUT2D eigenvalue weighted by Gasteiger charge is 1.99. The molecule has 0 amide bonds. The number of rotatable bonds is 4. The lowest BCUT2D eigenvalue weighted by molar-refractivity contribution is 1.36. The van der Waals surface area contributed by atoms with Gasteiger partial charge in [-0.15, -0.1) is 0 Å². The van der Waals surface area contributed by atoms with Gasteiger partial charge in [0.1, 0.15) is 0 Å². The maximum atomic E-state index is 4.34. The Hall–Kier alpha value is -2.35. The molecule has 0 radical (unpaired) electrons. The molecule has 2 aromatic carbocycles. The predicted molar refractivity (Wildman–Crippen MR) is 82.7 cm³/mol. The van der Waals surface area contributed by atoms with Gasteiger partial charge in [0.2, 0.25) is 0 Å². The van der Waals surface area contributed by atoms with Crippen LogP contribution < -0.4 is 5.32 Å². The smallest absolute Gasteiger partial charge is 0.0660 e. The SMILES string of the molecule is CN=C(C=C(C)Nc1ccccc1)c1ccccc1. The highest BCUT2D eigenvalue weighted by atomic mass is 14.9. The van der Waals surface area contributed by atoms with Crippen molar-refractivity contribution in [3.05, 3.63) is 78.0 Å². The van der Waals surface area contributed by atoms with Crippen molar-refractivity contribution in [1.29, 1.82) is 0 Å². The summed E-state index contributed by atoms with van der Waals surface area (Å²) in [7, 11) is 1.81. The van der Waals surface area contributed by atoms with Crippen molar-refractivity contribution in [1.82, 2.24) is 0 Å². The molecule has 0 aliphatic carbocycles. The molecule has 2 heteroatoms. The van der Waals surface area contributed by atoms with Crippen molar-refractivity contribution in [3.63, 3.8) is 0 Å². The quantitative estimate of drug-likeness (QED) is 0.811. The molecule has 0 fully saturated rings. The molecule has 0 aromatic heterocycles. The van der Waals surface area contributed by atoms with Crippen molar-refractivity contribution in [2.75, 3.05) is 12.4 Å². The molecule has 0 aliphatic heterocycles. The Morgan fingerprint density at radius 1 is 0.947 bits per heavy atom. The zero-order chi connectivity index (χ0) is 13.5. The molecule has 2 aromatic rings. The minimum absolute atomic E-state index is 0.974. The van der Waals surface area contributed by atoms with Crippen LogP contribution in [0, 0.1) is 0 Å². The molecule has 0 saturated carbocycles. The lowest BCUT2D eigenvalue weighted by Crippen LogP contribution is -2.02. The first-order chi connectivity index (χ1) is 9.29. The van der Waals surface area contributed by atoms with Crippen LogP contribution in [0.2, 0.25) is 0 Å². The van der Waals surface area contributed by atoms with Crippen LogP contribution in [-0.4, -0.2) is 12.8 Å². The Labute approximate surface area is 114 Å². The molecule has 0 unspecified atom stereocenters. The summed E-state index contributed by atoms with van der Waals surface area (Å²) in [6.07, 6.45) is 2.06. The van der Waals surface area contributed by atoms with Crippen molar-refractivity contribution in [2.24, 2.45) is 4.99 Å². The summed E-state index contributed by atoms with van der Waals surface area (Å²) in [5.74, 6) is 0. The zero-order valence-electron chi connectivity index (χ0n) is 11.3. The van der Waals surface area contributed by atoms with Crippen LogP contribution in [0.4, 0.5) is 5.69 Å². The van der Waals surface area contributed by atoms with Gasteiger partial charge in [0.05, 0.1) is 5.71 Å². The number of allylic oxidation sites excluding steroid dienone is 2. The Bertz CT molecular complexity index is 569. The molecule has 19 heavy (non-hydrogen) atoms. The van der Waals surface area contributed by atoms with Crippen molar-refractivity contribution in [3.8, 4) is 0 Å². The van der Waals surface area contributed by atoms with Crippen LogP contribution in [0.1, 0.15) is 12.5 Å². The monoisotopic (exact) mass is 250 g/mol. The summed E-state index contributed by atoms with van der Waals surface area (Å²) in [6.45, 7) is 2.04. The third-order valence-electron chi connectivity index (χ3n) is 2.78. The van der Waals surface area contributed by atoms with E-state index in [1.54, 1.807) is 0 Å². The predicted octanol–water partition coefficient (Wildman–Crippen LogP) is 4.12. The van der Waals surface area contributed by atoms with Gasteiger partial charge in [-0.3, -0.25) is 4.99 Å². The van der Waals surface area contributed by atoms with Gasteiger partial charge >= 0.3 is 0 Å². The normalized spacial score (nSPS) is 12.3. The summed E-state index contributed by atoms with van der Waals surface area (Å²) in [5.41, 5.74) is 4.25. The van der Waals surface area contributed by atoms with Crippen LogP contribution in [0.5, 0.6) is 0 Å². The second-order valence-electron chi connectivity index (χ2n) is 4.29. The van der Waals surface area contributed by atoms with Crippen LogP contribution in [0.15, 0.2) is 77.4 Å². The second kappa shape index (κ2) is 6.55. The van der Waals surface area contributed by atoms with Crippen molar-refractivity contribution in [2.45, 2.75) is 6.92 Å². The molecule has 96 valence electrons. The Kier molecular flexibility index (Phi) is 4.51. The van der Waals surface area contributed by atoms with Gasteiger partial charge in [-0.1, -0.05) is 48.5 Å². The Morgan fingerprint density at radius 2 is 1.53 bits per heavy atom. The van der Waals surface area contributed by atoms with Crippen LogP contribution in [0.3, 0.4) is 0 Å². The van der Waals surface area contributed by atoms with E-state index in [4.69, 9.17) is 0 Å². The van der Waals surface area contributed by atoms with Gasteiger partial charge in [0.25, 0.3) is 0 Å². The summed E-state index contributed by atoms with van der Waals surface area (Å²) < 4.78 is 0. The zero-order valence-corrected chi connectivity index (χ0v) is 11.3. The van der Waals surface area contributed by atoms with Gasteiger partial charge in [0.15, 0.2) is 0 Å². The van der Waals surface area contributed by atoms with Gasteiger partial charge in [-0.25, -0.2) is 0 Å². The van der Waals surface area contributed by atoms with Crippen LogP contribution in [0.25, 0.3) is 0 Å². The fraction of sp³-hybridized carbons (Fsp3) is 0.118. The molecule has 2 nitrogen and oxygen atoms in total. The van der Waals surface area contributed by atoms with Gasteiger partial charge < -0.3 is 5.32 Å². The Balaban J connectivity index is 2.15. The fourth-order valence-corrected chi connectivity index (χ4v) is 1.88. The highest BCUT2D eigenvalue weighted by Crippen LogP contribution is 2.10. The van der Waals surface area contributed by atoms with Crippen LogP contribution in [-0.2, 0) is 0 Å². The average molecular weight is 250 g/mol. The van der Waals surface area contributed by atoms with Gasteiger partial charge in [-0.2, -0.15) is 0 Å². The molecule has 2 rings (SSSR count). The van der Waals surface area contributed by atoms with E-state index in [9.17, 15) is 0 Å². The van der Waals surface area contributed by atoms with Gasteiger partial charge in [0, 0.05) is 18.4 Å². The first-order valence-electron chi connectivity index (χ1n) is 6.32. The van der Waals surface area contributed by atoms with Crippen molar-refractivity contribution < 1.29 is 0 Å². The van der Waals surface area contributed by atoms with E-state index in [1.807, 2.05) is 62.5 Å². The number of para-hydroxylation sites is 1. The maximum absolute atomic E-state index is 4.34. The van der Waals surface area contributed by atoms with E-state index in [2.05, 4.69) is 28.5 Å². The highest BCUT2D eigenvalue weighted by molar-refractivity contribution is 6.09. The number of benzene rings is 2. The first-order valence-corrected chi connectivity index (χ1v) is 6.32. The van der Waals surface area contributed by atoms with E-state index >= 15 is 0 Å². The van der Waals surface area contributed by atoms with Crippen LogP contribution >= 0.6 is 0 Å². The number of hydrogen-bond donors (Lipinski definition) is 1. The number of nitrogens with one attached hydrogen (secondary N) is 1. The summed E-state index contributed by atoms with van der Waals surface area (Å²) in [4.78, 5) is 4.34. The molecule has 0 bridgehead atoms. The minimum Gasteiger partial charge on any atom is -0.359 e. The summed E-state index contributed by atoms with van der Waals surface area (Å²) in [5, 5.41) is 3.36. The molecule has 0 atom stereocenters. The number of hydrogen-bond acceptors (Lipinski definition) is 2. The standard InChI is InChI=1S/C17H18N2/c1-14(19-16-11-7-4-8-12-16)13-17(18-2)15-9-5-3-6-10-15/h3-13,19H,1-2H3. The average Bonchev–Trinajstić information content (AvgIpc) is 2.47. The second-order valence-corrected chi connectivity index (χ2v) is 4.29. The van der Waals surface area contributed by atoms with E-state index < -0.39 is 0 Å². The van der Waals surface area contributed by atoms with E-state index in [0.717, 1.165) is 22.7 Å². The van der Waals surface area contributed by atoms with E-state index in [0.29, 0.717) is 0 Å². The van der Waals surface area contributed by atoms with E-state index in [1.165, 1.54) is 0 Å². The molecular weight excluding hydrogens is 232 g/mol. The van der Waals surface area contributed by atoms with E-state index in [-0.39, 0.29) is 0 Å². The number of anilines is 1. The largest absolute Gasteiger partial charge is 0.359 e. The lowest BCUT2D eigenvalue weighted by atomic mass is 10.1.